The topological polar surface area (TPSA) is 126 Å². The van der Waals surface area contributed by atoms with Gasteiger partial charge in [0.1, 0.15) is 17.6 Å². The van der Waals surface area contributed by atoms with Crippen LogP contribution in [0.5, 0.6) is 0 Å². The van der Waals surface area contributed by atoms with Crippen LogP contribution in [-0.4, -0.2) is 49.2 Å². The van der Waals surface area contributed by atoms with Crippen molar-refractivity contribution in [2.45, 2.75) is 31.0 Å². The highest BCUT2D eigenvalue weighted by molar-refractivity contribution is 5.77. The van der Waals surface area contributed by atoms with Gasteiger partial charge in [-0.1, -0.05) is 5.92 Å². The highest BCUT2D eigenvalue weighted by Crippen LogP contribution is 2.42. The molecule has 2 aromatic heterocycles. The van der Waals surface area contributed by atoms with Crippen LogP contribution in [0.3, 0.4) is 0 Å². The van der Waals surface area contributed by atoms with Crippen LogP contribution >= 0.6 is 0 Å². The van der Waals surface area contributed by atoms with Crippen LogP contribution in [0.25, 0.3) is 11.0 Å². The summed E-state index contributed by atoms with van der Waals surface area (Å²) in [5.41, 5.74) is 1.72. The molecule has 0 radical (unpaired) electrons. The predicted molar refractivity (Wildman–Crippen MR) is 79.0 cm³/mol. The molecule has 3 rings (SSSR count). The number of aliphatic hydroxyl groups excluding tert-OH is 2. The standard InChI is InChI=1S/C14H14F2N4O4/c1-2-3-14(16)9(22)7(5-21)24-12(14)20-4-6(15)8-10(20)18-13(17)19-11(8)23/h4,7,9,12,21-22H,5H2,1H3,(H3,17,18,19,23)/t7-,9?,12?,14?/m1/s1. The van der Waals surface area contributed by atoms with E-state index in [-0.39, 0.29) is 11.6 Å². The molecule has 3 heterocycles. The van der Waals surface area contributed by atoms with E-state index in [1.54, 1.807) is 0 Å². The van der Waals surface area contributed by atoms with Gasteiger partial charge in [-0.2, -0.15) is 4.98 Å². The van der Waals surface area contributed by atoms with Crippen LogP contribution in [-0.2, 0) is 4.74 Å². The molecule has 3 unspecified atom stereocenters. The van der Waals surface area contributed by atoms with E-state index in [0.717, 1.165) is 10.8 Å². The van der Waals surface area contributed by atoms with Crippen molar-refractivity contribution in [3.63, 3.8) is 0 Å². The van der Waals surface area contributed by atoms with Crippen molar-refractivity contribution >= 4 is 17.0 Å². The zero-order chi connectivity index (χ0) is 17.6. The normalized spacial score (nSPS) is 29.6. The number of fused-ring (bicyclic) bond motifs is 1. The minimum Gasteiger partial charge on any atom is -0.394 e. The Balaban J connectivity index is 2.26. The average molecular weight is 340 g/mol. The van der Waals surface area contributed by atoms with Gasteiger partial charge in [0.25, 0.3) is 5.56 Å². The number of aromatic amines is 1. The molecule has 0 spiro atoms. The Labute approximate surface area is 133 Å². The third-order valence-electron chi connectivity index (χ3n) is 3.85. The summed E-state index contributed by atoms with van der Waals surface area (Å²) in [6, 6.07) is 0. The van der Waals surface area contributed by atoms with Crippen molar-refractivity contribution in [1.29, 1.82) is 0 Å². The Morgan fingerprint density at radius 2 is 2.33 bits per heavy atom. The van der Waals surface area contributed by atoms with Crippen molar-refractivity contribution < 1.29 is 23.7 Å². The first-order valence-electron chi connectivity index (χ1n) is 6.96. The number of aliphatic hydroxyl groups is 2. The highest BCUT2D eigenvalue weighted by Gasteiger charge is 2.57. The zero-order valence-corrected chi connectivity index (χ0v) is 12.5. The van der Waals surface area contributed by atoms with Crippen LogP contribution in [0.1, 0.15) is 13.2 Å². The quantitative estimate of drug-likeness (QED) is 0.542. The first-order valence-corrected chi connectivity index (χ1v) is 6.96. The molecule has 10 heteroatoms. The van der Waals surface area contributed by atoms with E-state index in [0.29, 0.717) is 0 Å². The molecule has 0 saturated carbocycles. The predicted octanol–water partition coefficient (Wildman–Crippen LogP) is -0.572. The van der Waals surface area contributed by atoms with Crippen LogP contribution in [0.15, 0.2) is 11.0 Å². The van der Waals surface area contributed by atoms with E-state index < -0.39 is 47.5 Å². The smallest absolute Gasteiger partial charge is 0.264 e. The fourth-order valence-corrected chi connectivity index (χ4v) is 2.80. The maximum Gasteiger partial charge on any atom is 0.264 e. The third kappa shape index (κ3) is 2.17. The summed E-state index contributed by atoms with van der Waals surface area (Å²) in [6.07, 6.45) is -3.87. The maximum atomic E-state index is 15.3. The number of hydrogen-bond acceptors (Lipinski definition) is 6. The molecule has 2 aromatic rings. The number of alkyl halides is 1. The van der Waals surface area contributed by atoms with Crippen molar-refractivity contribution in [2.24, 2.45) is 0 Å². The van der Waals surface area contributed by atoms with Gasteiger partial charge in [-0.25, -0.2) is 8.78 Å². The largest absolute Gasteiger partial charge is 0.394 e. The summed E-state index contributed by atoms with van der Waals surface area (Å²) in [6.45, 7) is 0.680. The second-order valence-electron chi connectivity index (χ2n) is 5.33. The first-order chi connectivity index (χ1) is 11.3. The van der Waals surface area contributed by atoms with Gasteiger partial charge in [0.05, 0.1) is 6.61 Å². The number of halogens is 2. The Morgan fingerprint density at radius 3 is 2.96 bits per heavy atom. The molecule has 0 amide bonds. The number of hydrogen-bond donors (Lipinski definition) is 4. The molecular formula is C14H14F2N4O4. The molecule has 0 aliphatic carbocycles. The maximum absolute atomic E-state index is 15.3. The van der Waals surface area contributed by atoms with Crippen molar-refractivity contribution in [2.75, 3.05) is 12.3 Å². The number of H-pyrrole nitrogens is 1. The fourth-order valence-electron chi connectivity index (χ4n) is 2.80. The van der Waals surface area contributed by atoms with Gasteiger partial charge >= 0.3 is 0 Å². The lowest BCUT2D eigenvalue weighted by Crippen LogP contribution is -2.42. The summed E-state index contributed by atoms with van der Waals surface area (Å²) in [5, 5.41) is 18.9. The number of anilines is 1. The highest BCUT2D eigenvalue weighted by atomic mass is 19.1. The Morgan fingerprint density at radius 1 is 1.62 bits per heavy atom. The Kier molecular flexibility index (Phi) is 3.79. The molecule has 24 heavy (non-hydrogen) atoms. The van der Waals surface area contributed by atoms with Gasteiger partial charge in [-0.05, 0) is 6.92 Å². The molecular weight excluding hydrogens is 326 g/mol. The van der Waals surface area contributed by atoms with Crippen molar-refractivity contribution in [3.8, 4) is 11.8 Å². The van der Waals surface area contributed by atoms with Gasteiger partial charge in [0, 0.05) is 6.20 Å². The Bertz CT molecular complexity index is 915. The lowest BCUT2D eigenvalue weighted by atomic mass is 9.96. The van der Waals surface area contributed by atoms with Crippen molar-refractivity contribution in [3.05, 3.63) is 22.4 Å². The molecule has 1 aliphatic rings. The van der Waals surface area contributed by atoms with E-state index in [4.69, 9.17) is 10.5 Å². The zero-order valence-electron chi connectivity index (χ0n) is 12.5. The SMILES string of the molecule is CC#CC1(F)C(O)[C@@H](CO)OC1n1cc(F)c2c(=O)[nH]c(N)nc21. The summed E-state index contributed by atoms with van der Waals surface area (Å²) in [7, 11) is 0. The molecule has 5 N–H and O–H groups in total. The van der Waals surface area contributed by atoms with Crippen LogP contribution in [0, 0.1) is 17.7 Å². The molecule has 1 aliphatic heterocycles. The molecule has 0 aromatic carbocycles. The second-order valence-corrected chi connectivity index (χ2v) is 5.33. The molecule has 1 fully saturated rings. The number of rotatable bonds is 2. The first kappa shape index (κ1) is 16.4. The van der Waals surface area contributed by atoms with Crippen LogP contribution in [0.2, 0.25) is 0 Å². The number of nitrogens with one attached hydrogen (secondary N) is 1. The monoisotopic (exact) mass is 340 g/mol. The number of nitrogens with two attached hydrogens (primary N) is 1. The number of aromatic nitrogens is 3. The van der Waals surface area contributed by atoms with Gasteiger partial charge in [0.2, 0.25) is 11.6 Å². The minimum absolute atomic E-state index is 0.260. The third-order valence-corrected chi connectivity index (χ3v) is 3.85. The summed E-state index contributed by atoms with van der Waals surface area (Å²) in [5.74, 6) is 3.27. The van der Waals surface area contributed by atoms with E-state index >= 15 is 4.39 Å². The lowest BCUT2D eigenvalue weighted by Gasteiger charge is -2.24. The van der Waals surface area contributed by atoms with E-state index in [1.807, 2.05) is 0 Å². The van der Waals surface area contributed by atoms with Crippen molar-refractivity contribution in [1.82, 2.24) is 14.5 Å². The van der Waals surface area contributed by atoms with Gasteiger partial charge in [0.15, 0.2) is 17.7 Å². The molecule has 1 saturated heterocycles. The molecule has 0 bridgehead atoms. The van der Waals surface area contributed by atoms with E-state index in [9.17, 15) is 19.4 Å². The van der Waals surface area contributed by atoms with Crippen LogP contribution < -0.4 is 11.3 Å². The lowest BCUT2D eigenvalue weighted by molar-refractivity contribution is -0.0503. The summed E-state index contributed by atoms with van der Waals surface area (Å²) >= 11 is 0. The number of ether oxygens (including phenoxy) is 1. The number of nitrogens with zero attached hydrogens (tertiary/aromatic N) is 2. The van der Waals surface area contributed by atoms with Gasteiger partial charge < -0.3 is 20.7 Å². The molecule has 128 valence electrons. The summed E-state index contributed by atoms with van der Waals surface area (Å²) in [4.78, 5) is 17.8. The fraction of sp³-hybridized carbons (Fsp3) is 0.429. The second kappa shape index (κ2) is 5.55. The average Bonchev–Trinajstić information content (AvgIpc) is 2.96. The molecule has 8 nitrogen and oxygen atoms in total. The minimum atomic E-state index is -2.64. The van der Waals surface area contributed by atoms with E-state index in [2.05, 4.69) is 21.8 Å². The van der Waals surface area contributed by atoms with Gasteiger partial charge in [-0.3, -0.25) is 14.3 Å². The number of nitrogen functional groups attached to an aromatic ring is 1. The van der Waals surface area contributed by atoms with Crippen LogP contribution in [0.4, 0.5) is 14.7 Å². The summed E-state index contributed by atoms with van der Waals surface area (Å²) < 4.78 is 35.6. The molecule has 4 atom stereocenters. The van der Waals surface area contributed by atoms with E-state index in [1.165, 1.54) is 6.92 Å². The van der Waals surface area contributed by atoms with Gasteiger partial charge in [-0.15, -0.1) is 5.92 Å². The Hall–Kier alpha value is -2.48.